The minimum absolute atomic E-state index is 0.361. The topological polar surface area (TPSA) is 72.9 Å². The molecule has 3 aromatic rings. The molecule has 0 saturated heterocycles. The van der Waals surface area contributed by atoms with Crippen LogP contribution in [0.15, 0.2) is 40.3 Å². The highest BCUT2D eigenvalue weighted by Gasteiger charge is 2.11. The third-order valence-electron chi connectivity index (χ3n) is 2.95. The predicted molar refractivity (Wildman–Crippen MR) is 82.5 cm³/mol. The van der Waals surface area contributed by atoms with Gasteiger partial charge < -0.3 is 4.57 Å². The summed E-state index contributed by atoms with van der Waals surface area (Å²) >= 11 is 4.84. The second-order valence-corrected chi connectivity index (χ2v) is 5.95. The summed E-state index contributed by atoms with van der Waals surface area (Å²) in [4.78, 5) is 15.7. The summed E-state index contributed by atoms with van der Waals surface area (Å²) in [6, 6.07) is 8.12. The number of nitrogens with two attached hydrogens (primary N) is 1. The van der Waals surface area contributed by atoms with Crippen LogP contribution in [0.5, 0.6) is 0 Å². The monoisotopic (exact) mass is 350 g/mol. The van der Waals surface area contributed by atoms with Crippen LogP contribution in [0, 0.1) is 0 Å². The van der Waals surface area contributed by atoms with Crippen molar-refractivity contribution < 1.29 is 4.79 Å². The average Bonchev–Trinajstić information content (AvgIpc) is 3.05. The van der Waals surface area contributed by atoms with Gasteiger partial charge in [0.1, 0.15) is 0 Å². The molecule has 0 radical (unpaired) electrons. The van der Waals surface area contributed by atoms with Crippen LogP contribution in [0.2, 0.25) is 0 Å². The van der Waals surface area contributed by atoms with Crippen LogP contribution < -0.4 is 11.3 Å². The van der Waals surface area contributed by atoms with Crippen molar-refractivity contribution in [1.82, 2.24) is 15.0 Å². The van der Waals surface area contributed by atoms with E-state index in [1.54, 1.807) is 0 Å². The van der Waals surface area contributed by atoms with Gasteiger partial charge in [-0.2, -0.15) is 0 Å². The van der Waals surface area contributed by atoms with Gasteiger partial charge >= 0.3 is 0 Å². The van der Waals surface area contributed by atoms with Gasteiger partial charge in [-0.3, -0.25) is 10.2 Å². The number of aromatic nitrogens is 2. The van der Waals surface area contributed by atoms with E-state index in [0.717, 1.165) is 21.1 Å². The number of nitrogens with zero attached hydrogens (tertiary/aromatic N) is 2. The number of nitrogen functional groups attached to an aromatic ring is 1. The van der Waals surface area contributed by atoms with Gasteiger partial charge in [0.15, 0.2) is 5.01 Å². The van der Waals surface area contributed by atoms with E-state index in [0.29, 0.717) is 11.6 Å². The number of benzene rings is 1. The van der Waals surface area contributed by atoms with E-state index < -0.39 is 0 Å². The molecule has 2 heterocycles. The van der Waals surface area contributed by atoms with E-state index in [2.05, 4.69) is 43.0 Å². The normalized spacial score (nSPS) is 10.9. The number of hydrogen-bond donors (Lipinski definition) is 2. The zero-order valence-electron chi connectivity index (χ0n) is 10.3. The summed E-state index contributed by atoms with van der Waals surface area (Å²) < 4.78 is 3.14. The Morgan fingerprint density at radius 1 is 1.45 bits per heavy atom. The number of carbonyl (C=O) groups excluding carboxylic acids is 1. The van der Waals surface area contributed by atoms with Gasteiger partial charge in [-0.05, 0) is 22.0 Å². The molecule has 0 aliphatic carbocycles. The minimum Gasteiger partial charge on any atom is -0.340 e. The number of nitrogens with one attached hydrogen (secondary N) is 1. The number of halogens is 1. The van der Waals surface area contributed by atoms with Crippen molar-refractivity contribution in [3.63, 3.8) is 0 Å². The number of hydrogen-bond acceptors (Lipinski definition) is 4. The Labute approximate surface area is 127 Å². The lowest BCUT2D eigenvalue weighted by atomic mass is 10.2. The number of thiazole rings is 1. The lowest BCUT2D eigenvalue weighted by Crippen LogP contribution is -2.29. The quantitative estimate of drug-likeness (QED) is 0.433. The maximum absolute atomic E-state index is 11.4. The number of fused-ring (bicyclic) bond motifs is 1. The molecule has 0 unspecified atom stereocenters. The molecule has 1 aromatic carbocycles. The average molecular weight is 351 g/mol. The van der Waals surface area contributed by atoms with Gasteiger partial charge in [0.2, 0.25) is 0 Å². The molecule has 0 saturated carbocycles. The SMILES string of the molecule is NNC(=O)c1nc(Cn2cc(Br)c3ccccc32)cs1. The number of carbonyl (C=O) groups is 1. The fraction of sp³-hybridized carbons (Fsp3) is 0.0769. The molecule has 20 heavy (non-hydrogen) atoms. The van der Waals surface area contributed by atoms with Crippen molar-refractivity contribution in [2.75, 3.05) is 0 Å². The van der Waals surface area contributed by atoms with Crippen molar-refractivity contribution in [2.45, 2.75) is 6.54 Å². The van der Waals surface area contributed by atoms with Crippen molar-refractivity contribution in [2.24, 2.45) is 5.84 Å². The standard InChI is InChI=1S/C13H11BrN4OS/c14-10-6-18(11-4-2-1-3-9(10)11)5-8-7-20-13(16-8)12(19)17-15/h1-4,6-7H,5,15H2,(H,17,19). The molecule has 0 atom stereocenters. The Kier molecular flexibility index (Phi) is 3.56. The number of hydrazine groups is 1. The van der Waals surface area contributed by atoms with Gasteiger partial charge in [0.05, 0.1) is 12.2 Å². The van der Waals surface area contributed by atoms with Crippen LogP contribution >= 0.6 is 27.3 Å². The molecule has 7 heteroatoms. The summed E-state index contributed by atoms with van der Waals surface area (Å²) in [5.41, 5.74) is 4.04. The highest BCUT2D eigenvalue weighted by molar-refractivity contribution is 9.10. The minimum atomic E-state index is -0.361. The Bertz CT molecular complexity index is 780. The Morgan fingerprint density at radius 2 is 2.25 bits per heavy atom. The maximum Gasteiger partial charge on any atom is 0.294 e. The lowest BCUT2D eigenvalue weighted by Gasteiger charge is -2.02. The molecule has 5 nitrogen and oxygen atoms in total. The fourth-order valence-corrected chi connectivity index (χ4v) is 3.35. The van der Waals surface area contributed by atoms with E-state index in [9.17, 15) is 4.79 Å². The van der Waals surface area contributed by atoms with E-state index in [1.807, 2.05) is 23.7 Å². The van der Waals surface area contributed by atoms with E-state index in [1.165, 1.54) is 11.3 Å². The largest absolute Gasteiger partial charge is 0.340 e. The van der Waals surface area contributed by atoms with Gasteiger partial charge in [0.25, 0.3) is 5.91 Å². The molecule has 102 valence electrons. The first-order valence-electron chi connectivity index (χ1n) is 5.88. The van der Waals surface area contributed by atoms with Gasteiger partial charge in [-0.25, -0.2) is 10.8 Å². The molecular formula is C13H11BrN4OS. The highest BCUT2D eigenvalue weighted by atomic mass is 79.9. The Balaban J connectivity index is 1.93. The maximum atomic E-state index is 11.4. The van der Waals surface area contributed by atoms with Crippen LogP contribution in [-0.4, -0.2) is 15.5 Å². The van der Waals surface area contributed by atoms with E-state index in [4.69, 9.17) is 5.84 Å². The summed E-state index contributed by atoms with van der Waals surface area (Å²) in [6.45, 7) is 0.612. The van der Waals surface area contributed by atoms with Crippen LogP contribution in [0.4, 0.5) is 0 Å². The number of rotatable bonds is 3. The Hall–Kier alpha value is -1.70. The summed E-state index contributed by atoms with van der Waals surface area (Å²) in [7, 11) is 0. The smallest absolute Gasteiger partial charge is 0.294 e. The third-order valence-corrected chi connectivity index (χ3v) is 4.47. The molecule has 0 spiro atoms. The number of amides is 1. The zero-order valence-corrected chi connectivity index (χ0v) is 12.7. The van der Waals surface area contributed by atoms with Crippen LogP contribution in [0.3, 0.4) is 0 Å². The molecule has 0 aliphatic rings. The highest BCUT2D eigenvalue weighted by Crippen LogP contribution is 2.26. The van der Waals surface area contributed by atoms with Crippen LogP contribution in [-0.2, 0) is 6.54 Å². The Morgan fingerprint density at radius 3 is 3.05 bits per heavy atom. The first-order chi connectivity index (χ1) is 9.69. The first kappa shape index (κ1) is 13.3. The molecule has 0 aliphatic heterocycles. The lowest BCUT2D eigenvalue weighted by molar-refractivity contribution is 0.0953. The van der Waals surface area contributed by atoms with Crippen LogP contribution in [0.25, 0.3) is 10.9 Å². The van der Waals surface area contributed by atoms with Gasteiger partial charge in [-0.1, -0.05) is 18.2 Å². The van der Waals surface area contributed by atoms with Crippen LogP contribution in [0.1, 0.15) is 15.5 Å². The van der Waals surface area contributed by atoms with Gasteiger partial charge in [-0.15, -0.1) is 11.3 Å². The summed E-state index contributed by atoms with van der Waals surface area (Å²) in [5.74, 6) is 4.74. The molecular weight excluding hydrogens is 340 g/mol. The third kappa shape index (κ3) is 2.35. The molecule has 0 fully saturated rings. The first-order valence-corrected chi connectivity index (χ1v) is 7.55. The fourth-order valence-electron chi connectivity index (χ4n) is 2.05. The van der Waals surface area contributed by atoms with Crippen molar-refractivity contribution in [3.05, 3.63) is 51.0 Å². The molecule has 3 N–H and O–H groups in total. The predicted octanol–water partition coefficient (Wildman–Crippen LogP) is 2.51. The summed E-state index contributed by atoms with van der Waals surface area (Å²) in [5, 5.41) is 3.40. The number of para-hydroxylation sites is 1. The van der Waals surface area contributed by atoms with E-state index >= 15 is 0 Å². The molecule has 1 amide bonds. The van der Waals surface area contributed by atoms with Crippen molar-refractivity contribution >= 4 is 44.1 Å². The zero-order chi connectivity index (χ0) is 14.1. The molecule has 2 aromatic heterocycles. The van der Waals surface area contributed by atoms with Gasteiger partial charge in [0, 0.05) is 27.0 Å². The second-order valence-electron chi connectivity index (χ2n) is 4.24. The second kappa shape index (κ2) is 5.35. The van der Waals surface area contributed by atoms with Crippen molar-refractivity contribution in [3.8, 4) is 0 Å². The summed E-state index contributed by atoms with van der Waals surface area (Å²) in [6.07, 6.45) is 2.02. The molecule has 3 rings (SSSR count). The van der Waals surface area contributed by atoms with Crippen molar-refractivity contribution in [1.29, 1.82) is 0 Å². The molecule has 0 bridgehead atoms. The van der Waals surface area contributed by atoms with E-state index in [-0.39, 0.29) is 5.91 Å².